The molecule has 0 aliphatic heterocycles. The summed E-state index contributed by atoms with van der Waals surface area (Å²) in [5, 5.41) is 3.16. The van der Waals surface area contributed by atoms with E-state index in [1.54, 1.807) is 18.2 Å². The van der Waals surface area contributed by atoms with Crippen LogP contribution in [-0.4, -0.2) is 9.97 Å². The second-order valence-electron chi connectivity index (χ2n) is 11.3. The van der Waals surface area contributed by atoms with Crippen molar-refractivity contribution in [2.24, 2.45) is 0 Å². The topological polar surface area (TPSA) is 52.1 Å². The predicted molar refractivity (Wildman–Crippen MR) is 183 cm³/mol. The summed E-state index contributed by atoms with van der Waals surface area (Å²) >= 11 is 0. The molecule has 0 saturated carbocycles. The molecule has 1 radical (unpaired) electrons. The summed E-state index contributed by atoms with van der Waals surface area (Å²) < 4.78 is 34.5. The van der Waals surface area contributed by atoms with Gasteiger partial charge in [-0.1, -0.05) is 78.9 Å². The minimum absolute atomic E-state index is 0. The van der Waals surface area contributed by atoms with Crippen molar-refractivity contribution in [3.63, 3.8) is 0 Å². The zero-order valence-electron chi connectivity index (χ0n) is 28.6. The average molecular weight is 780 g/mol. The van der Waals surface area contributed by atoms with Gasteiger partial charge in [0.25, 0.3) is 0 Å². The molecule has 0 fully saturated rings. The van der Waals surface area contributed by atoms with Crippen molar-refractivity contribution in [2.75, 3.05) is 0 Å². The van der Waals surface area contributed by atoms with Crippen LogP contribution < -0.4 is 0 Å². The maximum Gasteiger partial charge on any atom is 0.138 e. The fraction of sp³-hybridized carbons (Fsp3) is 0.122. The first-order valence-electron chi connectivity index (χ1n) is 16.4. The van der Waals surface area contributed by atoms with Crippen LogP contribution in [0, 0.1) is 25.9 Å². The predicted octanol–water partition coefficient (Wildman–Crippen LogP) is 11.1. The minimum Gasteiger partial charge on any atom is -0.500 e. The molecule has 229 valence electrons. The molecule has 46 heavy (non-hydrogen) atoms. The monoisotopic (exact) mass is 780 g/mol. The molecule has 0 unspecified atom stereocenters. The minimum atomic E-state index is -2.09. The number of aryl methyl sites for hydroxylation is 2. The molecule has 0 aliphatic carbocycles. The molecule has 5 heteroatoms. The molecule has 0 spiro atoms. The van der Waals surface area contributed by atoms with Crippen LogP contribution in [0.2, 0.25) is 0 Å². The van der Waals surface area contributed by atoms with Gasteiger partial charge in [0.15, 0.2) is 0 Å². The average Bonchev–Trinajstić information content (AvgIpc) is 3.66. The van der Waals surface area contributed by atoms with Crippen LogP contribution in [-0.2, 0) is 20.1 Å². The molecule has 8 aromatic rings. The number of aromatic nitrogens is 2. The summed E-state index contributed by atoms with van der Waals surface area (Å²) in [6.07, 6.45) is 3.26. The van der Waals surface area contributed by atoms with Gasteiger partial charge < -0.3 is 18.8 Å². The van der Waals surface area contributed by atoms with Gasteiger partial charge in [-0.05, 0) is 54.8 Å². The van der Waals surface area contributed by atoms with Crippen LogP contribution in [0.5, 0.6) is 0 Å². The Balaban J connectivity index is 0.000000208. The van der Waals surface area contributed by atoms with E-state index >= 15 is 0 Å². The Labute approximate surface area is 286 Å². The van der Waals surface area contributed by atoms with Gasteiger partial charge in [-0.2, -0.15) is 0 Å². The third-order valence-electron chi connectivity index (χ3n) is 7.98. The van der Waals surface area contributed by atoms with E-state index < -0.39 is 6.85 Å². The Morgan fingerprint density at radius 3 is 2.33 bits per heavy atom. The molecule has 0 amide bonds. The Morgan fingerprint density at radius 2 is 1.59 bits per heavy atom. The Bertz CT molecular complexity index is 2360. The van der Waals surface area contributed by atoms with E-state index in [9.17, 15) is 0 Å². The molecule has 4 nitrogen and oxygen atoms in total. The second-order valence-corrected chi connectivity index (χ2v) is 11.3. The smallest absolute Gasteiger partial charge is 0.138 e. The zero-order chi connectivity index (χ0) is 33.4. The fourth-order valence-corrected chi connectivity index (χ4v) is 5.63. The van der Waals surface area contributed by atoms with Crippen molar-refractivity contribution in [1.82, 2.24) is 9.97 Å². The van der Waals surface area contributed by atoms with E-state index in [-0.39, 0.29) is 25.7 Å². The normalized spacial score (nSPS) is 12.3. The zero-order valence-corrected chi connectivity index (χ0v) is 28.0. The first kappa shape index (κ1) is 27.5. The maximum atomic E-state index is 7.23. The Hall–Kier alpha value is -4.83. The summed E-state index contributed by atoms with van der Waals surface area (Å²) in [4.78, 5) is 8.75. The van der Waals surface area contributed by atoms with Gasteiger partial charge >= 0.3 is 0 Å². The van der Waals surface area contributed by atoms with E-state index in [1.165, 1.54) is 11.8 Å². The summed E-state index contributed by atoms with van der Waals surface area (Å²) in [5.74, 6) is 1.31. The molecule has 0 atom stereocenters. The van der Waals surface area contributed by atoms with Crippen molar-refractivity contribution in [3.8, 4) is 33.8 Å². The molecule has 4 aromatic carbocycles. The molecule has 4 aromatic heterocycles. The van der Waals surface area contributed by atoms with Crippen LogP contribution in [0.4, 0.5) is 0 Å². The van der Waals surface area contributed by atoms with Crippen LogP contribution in [0.3, 0.4) is 0 Å². The van der Waals surface area contributed by atoms with Gasteiger partial charge in [-0.3, -0.25) is 0 Å². The number of fused-ring (bicyclic) bond motifs is 5. The van der Waals surface area contributed by atoms with E-state index in [0.717, 1.165) is 72.3 Å². The van der Waals surface area contributed by atoms with Crippen molar-refractivity contribution < 1.29 is 33.1 Å². The van der Waals surface area contributed by atoms with Gasteiger partial charge in [-0.15, -0.1) is 54.1 Å². The molecule has 0 bridgehead atoms. The third-order valence-corrected chi connectivity index (χ3v) is 7.98. The molecular formula is C41H32IrN2O2-2. The van der Waals surface area contributed by atoms with E-state index in [4.69, 9.17) is 12.9 Å². The number of furan rings is 2. The molecule has 4 heterocycles. The first-order valence-corrected chi connectivity index (χ1v) is 14.9. The molecule has 0 saturated heterocycles. The number of rotatable bonds is 4. The van der Waals surface area contributed by atoms with Crippen LogP contribution >= 0.6 is 0 Å². The van der Waals surface area contributed by atoms with E-state index in [2.05, 4.69) is 79.3 Å². The number of pyridine rings is 2. The standard InChI is InChI=1S/C29H22NO2.C12H10N.Ir/c1-17(2)20-14-15-30-24(16-20)23-11-7-10-21-22-12-13-25-26(29(22)32-28(21)23)18(3)27(31-25)19-8-5-4-6-9-19;1-10-7-8-12(13-9-10)11-5-3-2-4-6-11;/h4-10,12-17H,1-3H3;2-5,7-9H,1H3;/q2*-1;/i;1D3;. The second kappa shape index (κ2) is 13.3. The van der Waals surface area contributed by atoms with E-state index in [0.29, 0.717) is 5.92 Å². The number of hydrogen-bond acceptors (Lipinski definition) is 4. The quantitative estimate of drug-likeness (QED) is 0.167. The van der Waals surface area contributed by atoms with Crippen molar-refractivity contribution in [3.05, 3.63) is 144 Å². The maximum absolute atomic E-state index is 7.23. The Kier molecular flexibility index (Phi) is 7.92. The third kappa shape index (κ3) is 5.92. The first-order chi connectivity index (χ1) is 23.2. The summed E-state index contributed by atoms with van der Waals surface area (Å²) in [7, 11) is 0. The summed E-state index contributed by atoms with van der Waals surface area (Å²) in [6.45, 7) is 4.38. The van der Waals surface area contributed by atoms with Gasteiger partial charge in [-0.25, -0.2) is 0 Å². The molecule has 8 rings (SSSR count). The largest absolute Gasteiger partial charge is 0.500 e. The Morgan fingerprint density at radius 1 is 0.761 bits per heavy atom. The van der Waals surface area contributed by atoms with Crippen molar-refractivity contribution in [2.45, 2.75) is 33.5 Å². The molecule has 0 aliphatic rings. The summed E-state index contributed by atoms with van der Waals surface area (Å²) in [5.41, 5.74) is 9.50. The van der Waals surface area contributed by atoms with Crippen molar-refractivity contribution in [1.29, 1.82) is 0 Å². The van der Waals surface area contributed by atoms with Crippen LogP contribution in [0.15, 0.2) is 124 Å². The fourth-order valence-electron chi connectivity index (χ4n) is 5.63. The van der Waals surface area contributed by atoms with Gasteiger partial charge in [0, 0.05) is 53.1 Å². The van der Waals surface area contributed by atoms with Crippen LogP contribution in [0.25, 0.3) is 66.7 Å². The van der Waals surface area contributed by atoms with Gasteiger partial charge in [0.1, 0.15) is 16.9 Å². The van der Waals surface area contributed by atoms with Crippen LogP contribution in [0.1, 0.15) is 40.6 Å². The van der Waals surface area contributed by atoms with E-state index in [1.807, 2.05) is 54.7 Å². The SMILES string of the molecule is Cc1c(-c2ccccc2)oc2ccc3c4cc[c-]c(-c5cc(C(C)C)ccn5)c4oc3c12.[2H]C([2H])([2H])c1ccc(-c2[c-]cccc2)nc1.[Ir]. The number of nitrogens with zero attached hydrogens (tertiary/aromatic N) is 2. The summed E-state index contributed by atoms with van der Waals surface area (Å²) in [6, 6.07) is 39.7. The molecular weight excluding hydrogens is 745 g/mol. The number of benzene rings is 4. The molecule has 0 N–H and O–H groups in total. The number of hydrogen-bond donors (Lipinski definition) is 0. The van der Waals surface area contributed by atoms with Gasteiger partial charge in [0.05, 0.1) is 11.0 Å². The van der Waals surface area contributed by atoms with Crippen molar-refractivity contribution >= 4 is 32.9 Å². The van der Waals surface area contributed by atoms with Gasteiger partial charge in [0.2, 0.25) is 0 Å².